The maximum atomic E-state index is 11.6. The summed E-state index contributed by atoms with van der Waals surface area (Å²) in [6.07, 6.45) is 5.21. The minimum atomic E-state index is -0.242. The molecule has 2 aliphatic heterocycles. The van der Waals surface area contributed by atoms with Crippen LogP contribution in [-0.4, -0.2) is 48.8 Å². The molecule has 0 radical (unpaired) electrons. The highest BCUT2D eigenvalue weighted by atomic mass is 16.7. The first-order chi connectivity index (χ1) is 8.69. The summed E-state index contributed by atoms with van der Waals surface area (Å²) in [5, 5.41) is 6.59. The van der Waals surface area contributed by atoms with Crippen molar-refractivity contribution >= 4 is 11.6 Å². The molecule has 0 aromatic heterocycles. The molecule has 1 amide bonds. The van der Waals surface area contributed by atoms with Crippen LogP contribution in [0.1, 0.15) is 39.0 Å². The van der Waals surface area contributed by atoms with Crippen molar-refractivity contribution in [1.82, 2.24) is 10.2 Å². The number of piperidine rings is 1. The molecule has 0 saturated carbocycles. The van der Waals surface area contributed by atoms with Gasteiger partial charge in [-0.1, -0.05) is 18.5 Å². The Balaban J connectivity index is 1.91. The van der Waals surface area contributed by atoms with Gasteiger partial charge in [0.15, 0.2) is 5.60 Å². The molecule has 2 heterocycles. The summed E-state index contributed by atoms with van der Waals surface area (Å²) >= 11 is 0. The van der Waals surface area contributed by atoms with E-state index in [1.54, 1.807) is 7.05 Å². The Kier molecular flexibility index (Phi) is 4.22. The van der Waals surface area contributed by atoms with Gasteiger partial charge in [0.1, 0.15) is 5.71 Å². The number of nitrogens with zero attached hydrogens (tertiary/aromatic N) is 2. The summed E-state index contributed by atoms with van der Waals surface area (Å²) in [7, 11) is 1.63. The van der Waals surface area contributed by atoms with Crippen LogP contribution in [-0.2, 0) is 9.63 Å². The van der Waals surface area contributed by atoms with E-state index >= 15 is 0 Å². The van der Waals surface area contributed by atoms with E-state index in [0.717, 1.165) is 32.5 Å². The standard InChI is InChI=1S/C13H23N3O2/c1-3-4-7-16-8-5-6-13(10-16)9-11(15-18-13)12(17)14-2/h3-10H2,1-2H3,(H,14,17)/t13-/m1/s1. The highest BCUT2D eigenvalue weighted by Crippen LogP contribution is 2.33. The lowest BCUT2D eigenvalue weighted by molar-refractivity contribution is -0.114. The molecule has 2 aliphatic rings. The first kappa shape index (κ1) is 13.3. The molecule has 0 aromatic carbocycles. The van der Waals surface area contributed by atoms with Gasteiger partial charge in [-0.2, -0.15) is 0 Å². The van der Waals surface area contributed by atoms with Gasteiger partial charge < -0.3 is 10.2 Å². The monoisotopic (exact) mass is 253 g/mol. The van der Waals surface area contributed by atoms with Crippen molar-refractivity contribution in [2.24, 2.45) is 5.16 Å². The third-order valence-electron chi connectivity index (χ3n) is 3.77. The van der Waals surface area contributed by atoms with Crippen LogP contribution >= 0.6 is 0 Å². The normalized spacial score (nSPS) is 28.0. The van der Waals surface area contributed by atoms with Crippen LogP contribution in [0, 0.1) is 0 Å². The Bertz CT molecular complexity index is 343. The topological polar surface area (TPSA) is 53.9 Å². The number of carbonyl (C=O) groups excluding carboxylic acids is 1. The van der Waals surface area contributed by atoms with Crippen molar-refractivity contribution in [2.45, 2.75) is 44.6 Å². The van der Waals surface area contributed by atoms with Gasteiger partial charge >= 0.3 is 0 Å². The summed E-state index contributed by atoms with van der Waals surface area (Å²) in [6.45, 7) is 5.37. The molecule has 1 fully saturated rings. The molecule has 102 valence electrons. The number of likely N-dealkylation sites (tertiary alicyclic amines) is 1. The molecule has 18 heavy (non-hydrogen) atoms. The fourth-order valence-electron chi connectivity index (χ4n) is 2.77. The number of oxime groups is 1. The zero-order valence-electron chi connectivity index (χ0n) is 11.4. The van der Waals surface area contributed by atoms with Gasteiger partial charge in [-0.25, -0.2) is 0 Å². The second-order valence-corrected chi connectivity index (χ2v) is 5.30. The molecule has 1 saturated heterocycles. The van der Waals surface area contributed by atoms with Gasteiger partial charge in [-0.3, -0.25) is 9.69 Å². The predicted octanol–water partition coefficient (Wildman–Crippen LogP) is 1.14. The Labute approximate surface area is 109 Å². The van der Waals surface area contributed by atoms with E-state index in [0.29, 0.717) is 12.1 Å². The van der Waals surface area contributed by atoms with Crippen LogP contribution in [0.2, 0.25) is 0 Å². The van der Waals surface area contributed by atoms with Crippen LogP contribution in [0.3, 0.4) is 0 Å². The minimum absolute atomic E-state index is 0.113. The number of amides is 1. The zero-order chi connectivity index (χ0) is 13.0. The molecule has 5 nitrogen and oxygen atoms in total. The van der Waals surface area contributed by atoms with Crippen LogP contribution in [0.5, 0.6) is 0 Å². The number of hydrogen-bond donors (Lipinski definition) is 1. The molecule has 0 aromatic rings. The van der Waals surface area contributed by atoms with Gasteiger partial charge in [0.25, 0.3) is 5.91 Å². The van der Waals surface area contributed by atoms with E-state index in [9.17, 15) is 4.79 Å². The van der Waals surface area contributed by atoms with Crippen molar-refractivity contribution < 1.29 is 9.63 Å². The van der Waals surface area contributed by atoms with E-state index in [-0.39, 0.29) is 11.5 Å². The maximum absolute atomic E-state index is 11.6. The highest BCUT2D eigenvalue weighted by molar-refractivity contribution is 6.39. The smallest absolute Gasteiger partial charge is 0.268 e. The fourth-order valence-corrected chi connectivity index (χ4v) is 2.77. The number of hydrogen-bond acceptors (Lipinski definition) is 4. The van der Waals surface area contributed by atoms with Crippen molar-refractivity contribution in [3.63, 3.8) is 0 Å². The summed E-state index contributed by atoms with van der Waals surface area (Å²) in [6, 6.07) is 0. The number of carbonyl (C=O) groups is 1. The first-order valence-electron chi connectivity index (χ1n) is 6.88. The summed E-state index contributed by atoms with van der Waals surface area (Å²) in [5.41, 5.74) is 0.295. The molecule has 0 bridgehead atoms. The molecule has 1 N–H and O–H groups in total. The molecule has 2 rings (SSSR count). The lowest BCUT2D eigenvalue weighted by atomic mass is 9.88. The fraction of sp³-hybridized carbons (Fsp3) is 0.846. The highest BCUT2D eigenvalue weighted by Gasteiger charge is 2.44. The summed E-state index contributed by atoms with van der Waals surface area (Å²) in [5.74, 6) is -0.113. The van der Waals surface area contributed by atoms with E-state index < -0.39 is 0 Å². The van der Waals surface area contributed by atoms with E-state index in [1.165, 1.54) is 12.8 Å². The van der Waals surface area contributed by atoms with Crippen molar-refractivity contribution in [3.05, 3.63) is 0 Å². The lowest BCUT2D eigenvalue weighted by Gasteiger charge is -2.38. The third-order valence-corrected chi connectivity index (χ3v) is 3.77. The van der Waals surface area contributed by atoms with Crippen LogP contribution in [0.4, 0.5) is 0 Å². The molecular weight excluding hydrogens is 230 g/mol. The molecule has 0 unspecified atom stereocenters. The maximum Gasteiger partial charge on any atom is 0.268 e. The van der Waals surface area contributed by atoms with Crippen molar-refractivity contribution in [1.29, 1.82) is 0 Å². The summed E-state index contributed by atoms with van der Waals surface area (Å²) in [4.78, 5) is 19.6. The van der Waals surface area contributed by atoms with Crippen molar-refractivity contribution in [3.8, 4) is 0 Å². The summed E-state index contributed by atoms with van der Waals surface area (Å²) < 4.78 is 0. The molecule has 0 aliphatic carbocycles. The quantitative estimate of drug-likeness (QED) is 0.817. The Morgan fingerprint density at radius 2 is 2.44 bits per heavy atom. The van der Waals surface area contributed by atoms with Gasteiger partial charge in [0.2, 0.25) is 0 Å². The van der Waals surface area contributed by atoms with Crippen molar-refractivity contribution in [2.75, 3.05) is 26.7 Å². The average Bonchev–Trinajstić information content (AvgIpc) is 2.79. The van der Waals surface area contributed by atoms with Crippen LogP contribution < -0.4 is 5.32 Å². The minimum Gasteiger partial charge on any atom is -0.387 e. The zero-order valence-corrected chi connectivity index (χ0v) is 11.4. The molecular formula is C13H23N3O2. The van der Waals surface area contributed by atoms with Gasteiger partial charge in [-0.05, 0) is 32.4 Å². The second-order valence-electron chi connectivity index (χ2n) is 5.30. The predicted molar refractivity (Wildman–Crippen MR) is 70.5 cm³/mol. The Morgan fingerprint density at radius 3 is 3.17 bits per heavy atom. The largest absolute Gasteiger partial charge is 0.387 e. The van der Waals surface area contributed by atoms with Crippen LogP contribution in [0.15, 0.2) is 5.16 Å². The second kappa shape index (κ2) is 5.69. The Morgan fingerprint density at radius 1 is 1.61 bits per heavy atom. The van der Waals surface area contributed by atoms with E-state index in [4.69, 9.17) is 4.84 Å². The van der Waals surface area contributed by atoms with Gasteiger partial charge in [-0.15, -0.1) is 0 Å². The average molecular weight is 253 g/mol. The molecule has 5 heteroatoms. The first-order valence-corrected chi connectivity index (χ1v) is 6.88. The number of nitrogens with one attached hydrogen (secondary N) is 1. The lowest BCUT2D eigenvalue weighted by Crippen LogP contribution is -2.49. The number of rotatable bonds is 4. The van der Waals surface area contributed by atoms with E-state index in [1.807, 2.05) is 0 Å². The number of unbranched alkanes of at least 4 members (excludes halogenated alkanes) is 1. The molecule has 1 spiro atoms. The van der Waals surface area contributed by atoms with Crippen LogP contribution in [0.25, 0.3) is 0 Å². The third kappa shape index (κ3) is 2.83. The Hall–Kier alpha value is -1.10. The SMILES string of the molecule is CCCCN1CCC[C@@]2(CC(C(=O)NC)=NO2)C1. The van der Waals surface area contributed by atoms with E-state index in [2.05, 4.69) is 22.3 Å². The van der Waals surface area contributed by atoms with Gasteiger partial charge in [0.05, 0.1) is 0 Å². The molecule has 1 atom stereocenters. The van der Waals surface area contributed by atoms with Gasteiger partial charge in [0, 0.05) is 20.0 Å².